The highest BCUT2D eigenvalue weighted by Gasteiger charge is 2.27. The number of halogens is 1. The highest BCUT2D eigenvalue weighted by molar-refractivity contribution is 5.97. The number of methoxy groups -OCH3 is 2. The van der Waals surface area contributed by atoms with Crippen molar-refractivity contribution in [2.75, 3.05) is 26.1 Å². The lowest BCUT2D eigenvalue weighted by Crippen LogP contribution is -2.51. The van der Waals surface area contributed by atoms with Gasteiger partial charge in [0.05, 0.1) is 19.9 Å². The molecule has 0 aromatic heterocycles. The second-order valence-electron chi connectivity index (χ2n) is 8.31. The largest absolute Gasteiger partial charge is 0.493 e. The quantitative estimate of drug-likeness (QED) is 0.536. The summed E-state index contributed by atoms with van der Waals surface area (Å²) < 4.78 is 24.9. The first-order valence-corrected chi connectivity index (χ1v) is 11.4. The van der Waals surface area contributed by atoms with E-state index in [1.807, 2.05) is 42.5 Å². The Balaban J connectivity index is 1.51. The fourth-order valence-corrected chi connectivity index (χ4v) is 4.14. The van der Waals surface area contributed by atoms with Gasteiger partial charge in [-0.05, 0) is 47.4 Å². The van der Waals surface area contributed by atoms with Crippen molar-refractivity contribution in [2.45, 2.75) is 25.4 Å². The minimum atomic E-state index is -0.892. The van der Waals surface area contributed by atoms with Gasteiger partial charge in [0.2, 0.25) is 5.91 Å². The van der Waals surface area contributed by atoms with Crippen molar-refractivity contribution >= 4 is 17.6 Å². The van der Waals surface area contributed by atoms with Gasteiger partial charge in [0.1, 0.15) is 11.9 Å². The van der Waals surface area contributed by atoms with Gasteiger partial charge in [0.15, 0.2) is 11.5 Å². The summed E-state index contributed by atoms with van der Waals surface area (Å²) >= 11 is 0. The number of anilines is 1. The van der Waals surface area contributed by atoms with Crippen LogP contribution in [0.5, 0.6) is 11.5 Å². The van der Waals surface area contributed by atoms with E-state index in [-0.39, 0.29) is 18.1 Å². The lowest BCUT2D eigenvalue weighted by Gasteiger charge is -2.31. The number of hydrogen-bond acceptors (Lipinski definition) is 4. The van der Waals surface area contributed by atoms with Crippen LogP contribution in [-0.4, -0.2) is 43.6 Å². The molecule has 4 rings (SSSR count). The molecular weight excluding hydrogens is 449 g/mol. The Bertz CT molecular complexity index is 1200. The third kappa shape index (κ3) is 5.71. The summed E-state index contributed by atoms with van der Waals surface area (Å²) in [5.41, 5.74) is 2.99. The summed E-state index contributed by atoms with van der Waals surface area (Å²) in [5, 5.41) is 5.46. The van der Waals surface area contributed by atoms with Crippen molar-refractivity contribution in [1.29, 1.82) is 0 Å². The maximum Gasteiger partial charge on any atom is 0.318 e. The molecule has 1 aliphatic heterocycles. The van der Waals surface area contributed by atoms with E-state index in [0.29, 0.717) is 31.0 Å². The molecule has 0 saturated carbocycles. The molecular formula is C27H28FN3O4. The van der Waals surface area contributed by atoms with Crippen LogP contribution in [0, 0.1) is 5.82 Å². The van der Waals surface area contributed by atoms with E-state index >= 15 is 0 Å². The molecule has 0 unspecified atom stereocenters. The molecule has 0 saturated heterocycles. The van der Waals surface area contributed by atoms with Crippen LogP contribution >= 0.6 is 0 Å². The summed E-state index contributed by atoms with van der Waals surface area (Å²) in [6.45, 7) is 0.857. The first-order valence-electron chi connectivity index (χ1n) is 11.4. The number of ether oxygens (including phenoxy) is 2. The van der Waals surface area contributed by atoms with E-state index in [2.05, 4.69) is 10.6 Å². The number of carbonyl (C=O) groups is 2. The topological polar surface area (TPSA) is 79.9 Å². The Morgan fingerprint density at radius 2 is 1.63 bits per heavy atom. The number of hydrogen-bond donors (Lipinski definition) is 2. The third-order valence-electron chi connectivity index (χ3n) is 6.03. The van der Waals surface area contributed by atoms with Crippen LogP contribution < -0.4 is 20.1 Å². The van der Waals surface area contributed by atoms with Gasteiger partial charge in [0, 0.05) is 19.5 Å². The van der Waals surface area contributed by atoms with E-state index in [0.717, 1.165) is 16.7 Å². The van der Waals surface area contributed by atoms with Crippen molar-refractivity contribution in [2.24, 2.45) is 0 Å². The lowest BCUT2D eigenvalue weighted by atomic mass is 9.99. The van der Waals surface area contributed by atoms with E-state index in [4.69, 9.17) is 9.47 Å². The second-order valence-corrected chi connectivity index (χ2v) is 8.31. The van der Waals surface area contributed by atoms with Crippen LogP contribution in [0.1, 0.15) is 16.7 Å². The highest BCUT2D eigenvalue weighted by atomic mass is 19.1. The van der Waals surface area contributed by atoms with Gasteiger partial charge in [-0.2, -0.15) is 0 Å². The highest BCUT2D eigenvalue weighted by Crippen LogP contribution is 2.33. The molecule has 0 spiro atoms. The molecule has 3 aromatic rings. The molecule has 3 aromatic carbocycles. The molecule has 182 valence electrons. The number of amides is 3. The van der Waals surface area contributed by atoms with E-state index in [1.165, 1.54) is 12.1 Å². The molecule has 0 aliphatic carbocycles. The van der Waals surface area contributed by atoms with Crippen molar-refractivity contribution in [1.82, 2.24) is 10.2 Å². The summed E-state index contributed by atoms with van der Waals surface area (Å²) in [5.74, 6) is 0.218. The molecule has 3 amide bonds. The Kier molecular flexibility index (Phi) is 7.50. The zero-order valence-electron chi connectivity index (χ0n) is 19.7. The first-order chi connectivity index (χ1) is 17.0. The Labute approximate surface area is 203 Å². The lowest BCUT2D eigenvalue weighted by molar-refractivity contribution is -0.118. The molecule has 0 radical (unpaired) electrons. The molecule has 0 fully saturated rings. The Morgan fingerprint density at radius 1 is 0.971 bits per heavy atom. The van der Waals surface area contributed by atoms with E-state index < -0.39 is 17.8 Å². The maximum atomic E-state index is 14.1. The smallest absolute Gasteiger partial charge is 0.318 e. The fourth-order valence-electron chi connectivity index (χ4n) is 4.14. The monoisotopic (exact) mass is 477 g/mol. The predicted molar refractivity (Wildman–Crippen MR) is 131 cm³/mol. The zero-order chi connectivity index (χ0) is 24.8. The van der Waals surface area contributed by atoms with Gasteiger partial charge < -0.3 is 25.0 Å². The summed E-state index contributed by atoms with van der Waals surface area (Å²) in [4.78, 5) is 28.0. The maximum absolute atomic E-state index is 14.1. The van der Waals surface area contributed by atoms with Gasteiger partial charge in [-0.15, -0.1) is 0 Å². The number of para-hydroxylation sites is 1. The number of nitrogens with one attached hydrogen (secondary N) is 2. The fraction of sp³-hybridized carbons (Fsp3) is 0.259. The number of benzene rings is 3. The molecule has 2 N–H and O–H groups in total. The minimum Gasteiger partial charge on any atom is -0.493 e. The third-order valence-corrected chi connectivity index (χ3v) is 6.03. The van der Waals surface area contributed by atoms with E-state index in [9.17, 15) is 14.0 Å². The minimum absolute atomic E-state index is 0.0674. The van der Waals surface area contributed by atoms with Crippen molar-refractivity contribution in [3.63, 3.8) is 0 Å². The Hall–Kier alpha value is -4.07. The van der Waals surface area contributed by atoms with Gasteiger partial charge in [-0.25, -0.2) is 9.18 Å². The van der Waals surface area contributed by atoms with Crippen LogP contribution in [-0.2, 0) is 24.2 Å². The van der Waals surface area contributed by atoms with Crippen molar-refractivity contribution in [3.05, 3.63) is 89.2 Å². The molecule has 1 aliphatic rings. The Morgan fingerprint density at radius 3 is 2.31 bits per heavy atom. The average Bonchev–Trinajstić information content (AvgIpc) is 2.88. The van der Waals surface area contributed by atoms with Crippen LogP contribution in [0.2, 0.25) is 0 Å². The van der Waals surface area contributed by atoms with Gasteiger partial charge in [-0.1, -0.05) is 42.5 Å². The van der Waals surface area contributed by atoms with E-state index in [1.54, 1.807) is 31.3 Å². The van der Waals surface area contributed by atoms with Crippen LogP contribution in [0.3, 0.4) is 0 Å². The molecule has 7 nitrogen and oxygen atoms in total. The van der Waals surface area contributed by atoms with Gasteiger partial charge >= 0.3 is 6.03 Å². The van der Waals surface area contributed by atoms with Gasteiger partial charge in [-0.3, -0.25) is 4.79 Å². The number of fused-ring (bicyclic) bond motifs is 1. The molecule has 8 heteroatoms. The number of rotatable bonds is 7. The van der Waals surface area contributed by atoms with Crippen molar-refractivity contribution in [3.8, 4) is 11.5 Å². The van der Waals surface area contributed by atoms with Gasteiger partial charge in [0.25, 0.3) is 0 Å². The SMILES string of the molecule is COc1cc2c(cc1OC)CN(C(=O)N[C@@H](Cc1ccccc1)C(=O)Nc1ccccc1F)CC2. The zero-order valence-corrected chi connectivity index (χ0v) is 19.7. The van der Waals surface area contributed by atoms with Crippen LogP contribution in [0.15, 0.2) is 66.7 Å². The summed E-state index contributed by atoms with van der Waals surface area (Å²) in [6, 6.07) is 17.9. The average molecular weight is 478 g/mol. The predicted octanol–water partition coefficient (Wildman–Crippen LogP) is 4.16. The molecule has 35 heavy (non-hydrogen) atoms. The molecule has 1 atom stereocenters. The molecule has 1 heterocycles. The normalized spacial score (nSPS) is 13.4. The summed E-state index contributed by atoms with van der Waals surface area (Å²) in [7, 11) is 3.16. The summed E-state index contributed by atoms with van der Waals surface area (Å²) in [6.07, 6.45) is 0.913. The number of nitrogens with zero attached hydrogens (tertiary/aromatic N) is 1. The first kappa shape index (κ1) is 24.1. The number of carbonyl (C=O) groups excluding carboxylic acids is 2. The van der Waals surface area contributed by atoms with Crippen LogP contribution in [0.4, 0.5) is 14.9 Å². The van der Waals surface area contributed by atoms with Crippen LogP contribution in [0.25, 0.3) is 0 Å². The molecule has 0 bridgehead atoms. The second kappa shape index (κ2) is 10.9. The standard InChI is InChI=1S/C27H28FN3O4/c1-34-24-15-19-12-13-31(17-20(19)16-25(24)35-2)27(33)30-23(14-18-8-4-3-5-9-18)26(32)29-22-11-7-6-10-21(22)28/h3-11,15-16,23H,12-14,17H2,1-2H3,(H,29,32)(H,30,33)/t23-/m0/s1. The number of urea groups is 1. The van der Waals surface area contributed by atoms with Crippen molar-refractivity contribution < 1.29 is 23.5 Å².